The van der Waals surface area contributed by atoms with Gasteiger partial charge in [0, 0.05) is 25.4 Å². The smallest absolute Gasteiger partial charge is 0.139 e. The fourth-order valence-electron chi connectivity index (χ4n) is 3.48. The van der Waals surface area contributed by atoms with Crippen LogP contribution in [0, 0.1) is 0 Å². The van der Waals surface area contributed by atoms with Crippen molar-refractivity contribution in [3.8, 4) is 5.75 Å². The molecular weight excluding hydrogens is 280 g/mol. The number of fused-ring (bicyclic) bond motifs is 1. The van der Waals surface area contributed by atoms with Crippen LogP contribution in [0.4, 0.5) is 0 Å². The molecule has 2 aromatic rings. The van der Waals surface area contributed by atoms with E-state index in [1.54, 1.807) is 18.7 Å². The predicted molar refractivity (Wildman–Crippen MR) is 80.5 cm³/mol. The molecule has 0 aliphatic carbocycles. The Morgan fingerprint density at radius 2 is 2.32 bits per heavy atom. The lowest BCUT2D eigenvalue weighted by Crippen LogP contribution is -2.42. The summed E-state index contributed by atoms with van der Waals surface area (Å²) < 4.78 is 17.6. The molecule has 0 saturated carbocycles. The number of ether oxygens (including phenoxy) is 2. The Morgan fingerprint density at radius 3 is 3.14 bits per heavy atom. The zero-order valence-corrected chi connectivity index (χ0v) is 12.4. The van der Waals surface area contributed by atoms with Gasteiger partial charge in [-0.3, -0.25) is 9.88 Å². The molecule has 2 saturated heterocycles. The van der Waals surface area contributed by atoms with Crippen LogP contribution in [0.2, 0.25) is 0 Å². The van der Waals surface area contributed by atoms with Crippen molar-refractivity contribution in [1.82, 2.24) is 9.88 Å². The van der Waals surface area contributed by atoms with Crippen LogP contribution in [0.15, 0.2) is 47.3 Å². The van der Waals surface area contributed by atoms with Gasteiger partial charge >= 0.3 is 0 Å². The van der Waals surface area contributed by atoms with Crippen molar-refractivity contribution in [1.29, 1.82) is 0 Å². The van der Waals surface area contributed by atoms with Gasteiger partial charge in [-0.15, -0.1) is 0 Å². The molecule has 5 nitrogen and oxygen atoms in total. The number of hydrogen-bond acceptors (Lipinski definition) is 5. The summed E-state index contributed by atoms with van der Waals surface area (Å²) in [7, 11) is 0. The average molecular weight is 300 g/mol. The van der Waals surface area contributed by atoms with Gasteiger partial charge in [0.2, 0.25) is 0 Å². The Bertz CT molecular complexity index is 587. The van der Waals surface area contributed by atoms with E-state index < -0.39 is 0 Å². The fraction of sp³-hybridized carbons (Fsp3) is 0.471. The maximum absolute atomic E-state index is 6.13. The molecule has 2 fully saturated rings. The van der Waals surface area contributed by atoms with Gasteiger partial charge in [-0.05, 0) is 37.1 Å². The van der Waals surface area contributed by atoms with Gasteiger partial charge in [0.05, 0.1) is 19.0 Å². The SMILES string of the molecule is c1cncc(O[C@@H]2CN(Cc3ccco3)[C@@H]3CCCO[C@H]32)c1. The summed E-state index contributed by atoms with van der Waals surface area (Å²) >= 11 is 0. The molecule has 0 bridgehead atoms. The molecule has 5 heteroatoms. The van der Waals surface area contributed by atoms with Crippen molar-refractivity contribution in [3.63, 3.8) is 0 Å². The number of furan rings is 1. The van der Waals surface area contributed by atoms with E-state index in [0.29, 0.717) is 6.04 Å². The van der Waals surface area contributed by atoms with Gasteiger partial charge < -0.3 is 13.9 Å². The Morgan fingerprint density at radius 1 is 1.32 bits per heavy atom. The maximum Gasteiger partial charge on any atom is 0.139 e. The predicted octanol–water partition coefficient (Wildman–Crippen LogP) is 2.49. The summed E-state index contributed by atoms with van der Waals surface area (Å²) in [6, 6.07) is 8.20. The number of nitrogens with zero attached hydrogens (tertiary/aromatic N) is 2. The van der Waals surface area contributed by atoms with Crippen molar-refractivity contribution in [2.24, 2.45) is 0 Å². The van der Waals surface area contributed by atoms with E-state index in [1.807, 2.05) is 24.3 Å². The minimum Gasteiger partial charge on any atom is -0.485 e. The van der Waals surface area contributed by atoms with Crippen LogP contribution < -0.4 is 4.74 Å². The van der Waals surface area contributed by atoms with Crippen LogP contribution >= 0.6 is 0 Å². The number of likely N-dealkylation sites (tertiary alicyclic amines) is 1. The van der Waals surface area contributed by atoms with E-state index in [2.05, 4.69) is 9.88 Å². The van der Waals surface area contributed by atoms with Gasteiger partial charge in [0.1, 0.15) is 23.7 Å². The van der Waals surface area contributed by atoms with E-state index >= 15 is 0 Å². The zero-order chi connectivity index (χ0) is 14.8. The highest BCUT2D eigenvalue weighted by atomic mass is 16.5. The van der Waals surface area contributed by atoms with Crippen LogP contribution in [0.3, 0.4) is 0 Å². The van der Waals surface area contributed by atoms with Crippen LogP contribution in [-0.4, -0.2) is 41.3 Å². The lowest BCUT2D eigenvalue weighted by Gasteiger charge is -2.31. The van der Waals surface area contributed by atoms with Gasteiger partial charge in [0.25, 0.3) is 0 Å². The minimum absolute atomic E-state index is 0.0458. The Labute approximate surface area is 129 Å². The highest BCUT2D eigenvalue weighted by Gasteiger charge is 2.45. The molecule has 4 rings (SSSR count). The molecule has 0 N–H and O–H groups in total. The lowest BCUT2D eigenvalue weighted by molar-refractivity contribution is -0.0475. The van der Waals surface area contributed by atoms with E-state index in [-0.39, 0.29) is 12.2 Å². The molecule has 3 atom stereocenters. The summed E-state index contributed by atoms with van der Waals surface area (Å²) in [5, 5.41) is 0. The van der Waals surface area contributed by atoms with Gasteiger partial charge in [0.15, 0.2) is 0 Å². The number of rotatable bonds is 4. The highest BCUT2D eigenvalue weighted by molar-refractivity contribution is 5.17. The summed E-state index contributed by atoms with van der Waals surface area (Å²) in [4.78, 5) is 6.54. The first kappa shape index (κ1) is 13.8. The molecule has 2 aliphatic rings. The topological polar surface area (TPSA) is 47.7 Å². The molecule has 2 aliphatic heterocycles. The average Bonchev–Trinajstić information content (AvgIpc) is 3.18. The highest BCUT2D eigenvalue weighted by Crippen LogP contribution is 2.32. The molecule has 4 heterocycles. The van der Waals surface area contributed by atoms with Crippen molar-refractivity contribution < 1.29 is 13.9 Å². The molecule has 0 radical (unpaired) electrons. The quantitative estimate of drug-likeness (QED) is 0.868. The fourth-order valence-corrected chi connectivity index (χ4v) is 3.48. The third-order valence-electron chi connectivity index (χ3n) is 4.44. The largest absolute Gasteiger partial charge is 0.485 e. The standard InChI is InChI=1S/C17H20N2O3/c1-4-13(10-18-7-1)22-16-12-19(11-14-5-2-8-20-14)15-6-3-9-21-17(15)16/h1-2,4-5,7-8,10,15-17H,3,6,9,11-12H2/t15-,16-,17-/m1/s1. The number of aromatic nitrogens is 1. The van der Waals surface area contributed by atoms with E-state index in [9.17, 15) is 0 Å². The summed E-state index contributed by atoms with van der Waals surface area (Å²) in [5.74, 6) is 1.80. The Hall–Kier alpha value is -1.85. The van der Waals surface area contributed by atoms with E-state index in [0.717, 1.165) is 44.0 Å². The van der Waals surface area contributed by atoms with Gasteiger partial charge in [-0.1, -0.05) is 0 Å². The monoisotopic (exact) mass is 300 g/mol. The van der Waals surface area contributed by atoms with Crippen LogP contribution in [0.25, 0.3) is 0 Å². The van der Waals surface area contributed by atoms with Crippen molar-refractivity contribution in [2.45, 2.75) is 37.6 Å². The second-order valence-electron chi connectivity index (χ2n) is 5.90. The molecule has 2 aromatic heterocycles. The molecule has 22 heavy (non-hydrogen) atoms. The Kier molecular flexibility index (Phi) is 3.83. The lowest BCUT2D eigenvalue weighted by atomic mass is 10.0. The normalized spacial score (nSPS) is 28.5. The molecule has 0 aromatic carbocycles. The third kappa shape index (κ3) is 2.74. The maximum atomic E-state index is 6.13. The molecule has 116 valence electrons. The Balaban J connectivity index is 1.50. The zero-order valence-electron chi connectivity index (χ0n) is 12.4. The van der Waals surface area contributed by atoms with Crippen molar-refractivity contribution >= 4 is 0 Å². The van der Waals surface area contributed by atoms with Crippen molar-refractivity contribution in [3.05, 3.63) is 48.7 Å². The minimum atomic E-state index is 0.0458. The van der Waals surface area contributed by atoms with E-state index in [4.69, 9.17) is 13.9 Å². The first-order valence-corrected chi connectivity index (χ1v) is 7.85. The van der Waals surface area contributed by atoms with Gasteiger partial charge in [-0.25, -0.2) is 0 Å². The second-order valence-corrected chi connectivity index (χ2v) is 5.90. The van der Waals surface area contributed by atoms with E-state index in [1.165, 1.54) is 0 Å². The van der Waals surface area contributed by atoms with Crippen LogP contribution in [0.5, 0.6) is 5.75 Å². The van der Waals surface area contributed by atoms with Crippen LogP contribution in [0.1, 0.15) is 18.6 Å². The first-order valence-electron chi connectivity index (χ1n) is 7.85. The molecule has 0 amide bonds. The van der Waals surface area contributed by atoms with Gasteiger partial charge in [-0.2, -0.15) is 0 Å². The summed E-state index contributed by atoms with van der Waals surface area (Å²) in [6.45, 7) is 2.48. The molecule has 0 unspecified atom stereocenters. The van der Waals surface area contributed by atoms with Crippen LogP contribution in [-0.2, 0) is 11.3 Å². The molecular formula is C17H20N2O3. The molecule has 0 spiro atoms. The first-order chi connectivity index (χ1) is 10.9. The third-order valence-corrected chi connectivity index (χ3v) is 4.44. The number of hydrogen-bond donors (Lipinski definition) is 0. The van der Waals surface area contributed by atoms with Crippen molar-refractivity contribution in [2.75, 3.05) is 13.2 Å². The summed E-state index contributed by atoms with van der Waals surface area (Å²) in [5.41, 5.74) is 0. The summed E-state index contributed by atoms with van der Waals surface area (Å²) in [6.07, 6.45) is 7.67. The second kappa shape index (κ2) is 6.10. The number of pyridine rings is 1.